The minimum Gasteiger partial charge on any atom is -0.365 e. The molecule has 0 unspecified atom stereocenters. The van der Waals surface area contributed by atoms with Crippen LogP contribution >= 0.6 is 0 Å². The number of nitrogens with one attached hydrogen (secondary N) is 1. The molecule has 3 nitrogen and oxygen atoms in total. The first-order chi connectivity index (χ1) is 9.44. The molecular formula is C17H25N3. The molecule has 1 aliphatic rings. The summed E-state index contributed by atoms with van der Waals surface area (Å²) in [5, 5.41) is 12.8. The maximum Gasteiger partial charge on any atom is 0.101 e. The highest BCUT2D eigenvalue weighted by atomic mass is 15.2. The van der Waals surface area contributed by atoms with Gasteiger partial charge in [0.15, 0.2) is 0 Å². The van der Waals surface area contributed by atoms with Gasteiger partial charge in [0.1, 0.15) is 6.07 Å². The van der Waals surface area contributed by atoms with Crippen molar-refractivity contribution in [2.45, 2.75) is 58.7 Å². The van der Waals surface area contributed by atoms with Gasteiger partial charge in [-0.15, -0.1) is 0 Å². The normalized spacial score (nSPS) is 17.5. The summed E-state index contributed by atoms with van der Waals surface area (Å²) >= 11 is 0. The van der Waals surface area contributed by atoms with E-state index in [2.05, 4.69) is 56.1 Å². The standard InChI is InChI=1S/C17H25N3/c1-13(2)19-12-14-6-7-16(15(10-14)11-18)20-9-5-8-17(20,3)4/h6-7,10,13,19H,5,8-9,12H2,1-4H3. The van der Waals surface area contributed by atoms with Crippen molar-refractivity contribution in [2.75, 3.05) is 11.4 Å². The third-order valence-electron chi connectivity index (χ3n) is 4.09. The molecule has 0 radical (unpaired) electrons. The third kappa shape index (κ3) is 3.13. The molecule has 3 heteroatoms. The molecule has 0 saturated carbocycles. The largest absolute Gasteiger partial charge is 0.365 e. The van der Waals surface area contributed by atoms with Crippen LogP contribution < -0.4 is 10.2 Å². The van der Waals surface area contributed by atoms with Gasteiger partial charge in [-0.25, -0.2) is 0 Å². The van der Waals surface area contributed by atoms with Crippen LogP contribution in [0.1, 0.15) is 51.7 Å². The summed E-state index contributed by atoms with van der Waals surface area (Å²) < 4.78 is 0. The molecular weight excluding hydrogens is 246 g/mol. The first-order valence-corrected chi connectivity index (χ1v) is 7.48. The zero-order valence-electron chi connectivity index (χ0n) is 13.0. The van der Waals surface area contributed by atoms with Crippen molar-refractivity contribution in [3.63, 3.8) is 0 Å². The molecule has 0 aliphatic carbocycles. The predicted molar refractivity (Wildman–Crippen MR) is 83.8 cm³/mol. The molecule has 1 fully saturated rings. The Balaban J connectivity index is 2.25. The van der Waals surface area contributed by atoms with E-state index in [0.717, 1.165) is 24.3 Å². The molecule has 2 rings (SSSR count). The van der Waals surface area contributed by atoms with E-state index in [4.69, 9.17) is 0 Å². The second-order valence-electron chi connectivity index (χ2n) is 6.57. The highest BCUT2D eigenvalue weighted by molar-refractivity contribution is 5.62. The second kappa shape index (κ2) is 5.85. The van der Waals surface area contributed by atoms with E-state index in [0.29, 0.717) is 6.04 Å². The van der Waals surface area contributed by atoms with Crippen molar-refractivity contribution in [1.29, 1.82) is 5.26 Å². The molecule has 0 aromatic heterocycles. The van der Waals surface area contributed by atoms with Crippen molar-refractivity contribution >= 4 is 5.69 Å². The van der Waals surface area contributed by atoms with Crippen LogP contribution in [0.4, 0.5) is 5.69 Å². The van der Waals surface area contributed by atoms with Gasteiger partial charge in [-0.05, 0) is 44.4 Å². The minimum absolute atomic E-state index is 0.156. The van der Waals surface area contributed by atoms with Crippen LogP contribution in [0.2, 0.25) is 0 Å². The summed E-state index contributed by atoms with van der Waals surface area (Å²) in [6.45, 7) is 10.6. The van der Waals surface area contributed by atoms with Gasteiger partial charge in [-0.2, -0.15) is 5.26 Å². The van der Waals surface area contributed by atoms with Gasteiger partial charge in [-0.3, -0.25) is 0 Å². The fraction of sp³-hybridized carbons (Fsp3) is 0.588. The van der Waals surface area contributed by atoms with E-state index in [-0.39, 0.29) is 5.54 Å². The zero-order valence-corrected chi connectivity index (χ0v) is 13.0. The van der Waals surface area contributed by atoms with E-state index in [1.54, 1.807) is 0 Å². The molecule has 1 aliphatic heterocycles. The van der Waals surface area contributed by atoms with Crippen LogP contribution in [0.3, 0.4) is 0 Å². The highest BCUT2D eigenvalue weighted by Gasteiger charge is 2.33. The fourth-order valence-corrected chi connectivity index (χ4v) is 2.89. The summed E-state index contributed by atoms with van der Waals surface area (Å²) in [6.07, 6.45) is 2.39. The highest BCUT2D eigenvalue weighted by Crippen LogP contribution is 2.35. The smallest absolute Gasteiger partial charge is 0.101 e. The van der Waals surface area contributed by atoms with E-state index < -0.39 is 0 Å². The SMILES string of the molecule is CC(C)NCc1ccc(N2CCCC2(C)C)c(C#N)c1. The van der Waals surface area contributed by atoms with Crippen molar-refractivity contribution in [2.24, 2.45) is 0 Å². The summed E-state index contributed by atoms with van der Waals surface area (Å²) in [5.74, 6) is 0. The number of rotatable bonds is 4. The zero-order chi connectivity index (χ0) is 14.8. The quantitative estimate of drug-likeness (QED) is 0.912. The molecule has 108 valence electrons. The van der Waals surface area contributed by atoms with Crippen LogP contribution in [0, 0.1) is 11.3 Å². The Morgan fingerprint density at radius 2 is 2.15 bits per heavy atom. The third-order valence-corrected chi connectivity index (χ3v) is 4.09. The summed E-state index contributed by atoms with van der Waals surface area (Å²) in [6, 6.07) is 9.10. The lowest BCUT2D eigenvalue weighted by molar-refractivity contribution is 0.517. The monoisotopic (exact) mass is 271 g/mol. The van der Waals surface area contributed by atoms with Gasteiger partial charge in [0.2, 0.25) is 0 Å². The Hall–Kier alpha value is -1.53. The van der Waals surface area contributed by atoms with Crippen LogP contribution in [0.5, 0.6) is 0 Å². The van der Waals surface area contributed by atoms with Crippen LogP contribution in [-0.2, 0) is 6.54 Å². The summed E-state index contributed by atoms with van der Waals surface area (Å²) in [4.78, 5) is 2.38. The van der Waals surface area contributed by atoms with Gasteiger partial charge >= 0.3 is 0 Å². The fourth-order valence-electron chi connectivity index (χ4n) is 2.89. The van der Waals surface area contributed by atoms with Crippen LogP contribution in [0.15, 0.2) is 18.2 Å². The molecule has 20 heavy (non-hydrogen) atoms. The Labute approximate surface area is 122 Å². The molecule has 0 amide bonds. The topological polar surface area (TPSA) is 39.1 Å². The Bertz CT molecular complexity index is 511. The maximum atomic E-state index is 9.45. The Morgan fingerprint density at radius 3 is 2.70 bits per heavy atom. The lowest BCUT2D eigenvalue weighted by Gasteiger charge is -2.34. The summed E-state index contributed by atoms with van der Waals surface area (Å²) in [5.41, 5.74) is 3.21. The van der Waals surface area contributed by atoms with Gasteiger partial charge in [0, 0.05) is 24.7 Å². The van der Waals surface area contributed by atoms with Crippen molar-refractivity contribution < 1.29 is 0 Å². The average Bonchev–Trinajstić information content (AvgIpc) is 2.75. The first kappa shape index (κ1) is 14.9. The number of nitriles is 1. The molecule has 0 spiro atoms. The molecule has 0 atom stereocenters. The number of anilines is 1. The summed E-state index contributed by atoms with van der Waals surface area (Å²) in [7, 11) is 0. The Kier molecular flexibility index (Phi) is 4.35. The minimum atomic E-state index is 0.156. The number of nitrogens with zero attached hydrogens (tertiary/aromatic N) is 2. The van der Waals surface area contributed by atoms with Crippen molar-refractivity contribution in [3.05, 3.63) is 29.3 Å². The molecule has 1 aromatic carbocycles. The van der Waals surface area contributed by atoms with E-state index in [9.17, 15) is 5.26 Å². The second-order valence-corrected chi connectivity index (χ2v) is 6.57. The van der Waals surface area contributed by atoms with Gasteiger partial charge < -0.3 is 10.2 Å². The van der Waals surface area contributed by atoms with E-state index in [1.807, 2.05) is 6.07 Å². The lowest BCUT2D eigenvalue weighted by Crippen LogP contribution is -2.38. The van der Waals surface area contributed by atoms with Gasteiger partial charge in [0.05, 0.1) is 11.3 Å². The average molecular weight is 271 g/mol. The van der Waals surface area contributed by atoms with Crippen molar-refractivity contribution in [3.8, 4) is 6.07 Å². The van der Waals surface area contributed by atoms with E-state index in [1.165, 1.54) is 18.4 Å². The Morgan fingerprint density at radius 1 is 1.40 bits per heavy atom. The molecule has 1 heterocycles. The van der Waals surface area contributed by atoms with Gasteiger partial charge in [-0.1, -0.05) is 19.9 Å². The lowest BCUT2D eigenvalue weighted by atomic mass is 10.00. The number of hydrogen-bond acceptors (Lipinski definition) is 3. The molecule has 1 aromatic rings. The van der Waals surface area contributed by atoms with Crippen LogP contribution in [0.25, 0.3) is 0 Å². The molecule has 1 saturated heterocycles. The molecule has 0 bridgehead atoms. The van der Waals surface area contributed by atoms with E-state index >= 15 is 0 Å². The number of hydrogen-bond donors (Lipinski definition) is 1. The maximum absolute atomic E-state index is 9.45. The molecule has 1 N–H and O–H groups in total. The van der Waals surface area contributed by atoms with Crippen LogP contribution in [-0.4, -0.2) is 18.1 Å². The van der Waals surface area contributed by atoms with Crippen molar-refractivity contribution in [1.82, 2.24) is 5.32 Å². The predicted octanol–water partition coefficient (Wildman–Crippen LogP) is 3.44. The number of benzene rings is 1. The van der Waals surface area contributed by atoms with Gasteiger partial charge in [0.25, 0.3) is 0 Å². The first-order valence-electron chi connectivity index (χ1n) is 7.48.